The van der Waals surface area contributed by atoms with E-state index >= 15 is 0 Å². The van der Waals surface area contributed by atoms with Crippen molar-refractivity contribution in [2.45, 2.75) is 62.5 Å². The van der Waals surface area contributed by atoms with Crippen molar-refractivity contribution < 1.29 is 45.8 Å². The fourth-order valence-electron chi connectivity index (χ4n) is 7.41. The van der Waals surface area contributed by atoms with Gasteiger partial charge in [0.05, 0.1) is 0 Å². The van der Waals surface area contributed by atoms with Gasteiger partial charge in [-0.1, -0.05) is 0 Å². The van der Waals surface area contributed by atoms with Gasteiger partial charge in [-0.2, -0.15) is 0 Å². The summed E-state index contributed by atoms with van der Waals surface area (Å²) in [5.41, 5.74) is 13.3. The molecule has 0 spiro atoms. The molecule has 0 fully saturated rings. The van der Waals surface area contributed by atoms with Gasteiger partial charge >= 0.3 is 317 Å². The Morgan fingerprint density at radius 1 is 0.588 bits per heavy atom. The Morgan fingerprint density at radius 2 is 1.06 bits per heavy atom. The fourth-order valence-corrected chi connectivity index (χ4v) is 21.8. The van der Waals surface area contributed by atoms with Crippen LogP contribution in [0, 0.1) is 0 Å². The van der Waals surface area contributed by atoms with Crippen molar-refractivity contribution in [3.63, 3.8) is 0 Å². The molecule has 0 aliphatic heterocycles. The third-order valence-electron chi connectivity index (χ3n) is 10.0. The van der Waals surface area contributed by atoms with Gasteiger partial charge in [0, 0.05) is 0 Å². The van der Waals surface area contributed by atoms with Crippen LogP contribution in [0.5, 0.6) is 0 Å². The summed E-state index contributed by atoms with van der Waals surface area (Å²) in [6, 6.07) is 40.8. The summed E-state index contributed by atoms with van der Waals surface area (Å²) in [6.07, 6.45) is 5.51. The first kappa shape index (κ1) is 40.0. The normalized spacial score (nSPS) is 13.6. The standard InChI is InChI=1S/C21H25.C13H10.C11H6Cl3.2ClH.Hf/c1-20(2,3)16-7-9-18-14(12-16)11-15-13-17(21(4,5)6)8-10-19(15)18;1-3-7-12(8-4-1)11-13-9-5-2-6-10-13;12-9-6-5-8(10(13)11(9)14)7-3-1-2-4-7;;;/h7-13H,1-6H3;1-10H;1,3,5-6H,2H2;2*1H;/q;;;;;+2/p-2. The molecular formula is C45H41Cl5Hf. The third kappa shape index (κ3) is 7.60. The average molecular weight is 938 g/mol. The van der Waals surface area contributed by atoms with E-state index in [1.807, 2.05) is 6.07 Å². The molecule has 0 saturated heterocycles. The van der Waals surface area contributed by atoms with E-state index in [-0.39, 0.29) is 39.3 Å². The molecule has 0 nitrogen and oxygen atoms in total. The fraction of sp³-hybridized carbons (Fsp3) is 0.222. The van der Waals surface area contributed by atoms with Crippen molar-refractivity contribution in [3.8, 4) is 11.1 Å². The third-order valence-corrected chi connectivity index (χ3v) is 23.7. The zero-order chi connectivity index (χ0) is 34.7. The van der Waals surface area contributed by atoms with Gasteiger partial charge in [0.25, 0.3) is 0 Å². The Hall–Kier alpha value is -2.23. The largest absolute Gasteiger partial charge is 1.00 e. The molecule has 2 aliphatic carbocycles. The van der Waals surface area contributed by atoms with Crippen LogP contribution in [0.2, 0.25) is 15.1 Å². The van der Waals surface area contributed by atoms with Crippen molar-refractivity contribution >= 4 is 43.6 Å². The average Bonchev–Trinajstić information content (AvgIpc) is 3.68. The van der Waals surface area contributed by atoms with Crippen LogP contribution in [-0.2, 0) is 31.8 Å². The second-order valence-corrected chi connectivity index (χ2v) is 25.5. The number of hydrogen-bond acceptors (Lipinski definition) is 0. The maximum atomic E-state index is 7.06. The molecule has 0 heterocycles. The zero-order valence-corrected chi connectivity index (χ0v) is 37.1. The molecule has 0 saturated carbocycles. The van der Waals surface area contributed by atoms with Crippen molar-refractivity contribution in [2.24, 2.45) is 0 Å². The molecule has 0 bridgehead atoms. The second-order valence-electron chi connectivity index (χ2n) is 15.3. The van der Waals surface area contributed by atoms with E-state index in [2.05, 4.69) is 157 Å². The molecule has 6 heteroatoms. The maximum absolute atomic E-state index is 7.06. The van der Waals surface area contributed by atoms with Gasteiger partial charge in [0.1, 0.15) is 0 Å². The van der Waals surface area contributed by atoms with Gasteiger partial charge in [-0.15, -0.1) is 0 Å². The minimum Gasteiger partial charge on any atom is -1.00 e. The van der Waals surface area contributed by atoms with Crippen molar-refractivity contribution in [1.82, 2.24) is 0 Å². The smallest absolute Gasteiger partial charge is 1.00 e. The number of halogens is 5. The summed E-state index contributed by atoms with van der Waals surface area (Å²) >= 11 is 16.9. The van der Waals surface area contributed by atoms with Gasteiger partial charge in [-0.05, 0) is 0 Å². The first-order valence-electron chi connectivity index (χ1n) is 17.0. The zero-order valence-electron chi connectivity index (χ0n) is 29.7. The van der Waals surface area contributed by atoms with Crippen LogP contribution in [0.3, 0.4) is 0 Å². The Balaban J connectivity index is 0.00000252. The number of rotatable bonds is 5. The second kappa shape index (κ2) is 15.6. The molecular weight excluding hydrogens is 896 g/mol. The molecule has 0 N–H and O–H groups in total. The van der Waals surface area contributed by atoms with E-state index in [4.69, 9.17) is 34.8 Å². The van der Waals surface area contributed by atoms with E-state index in [9.17, 15) is 0 Å². The topological polar surface area (TPSA) is 0 Å². The summed E-state index contributed by atoms with van der Waals surface area (Å²) < 4.78 is 3.32. The number of benzene rings is 5. The van der Waals surface area contributed by atoms with Crippen LogP contribution >= 0.6 is 34.8 Å². The monoisotopic (exact) mass is 936 g/mol. The van der Waals surface area contributed by atoms with Crippen molar-refractivity contribution in [1.29, 1.82) is 0 Å². The Kier molecular flexibility index (Phi) is 12.2. The van der Waals surface area contributed by atoms with E-state index in [0.29, 0.717) is 15.1 Å². The van der Waals surface area contributed by atoms with Gasteiger partial charge in [0.2, 0.25) is 0 Å². The van der Waals surface area contributed by atoms with Crippen LogP contribution in [0.4, 0.5) is 0 Å². The maximum Gasteiger partial charge on any atom is -1.00 e. The molecule has 5 aromatic carbocycles. The number of hydrogen-bond donors (Lipinski definition) is 0. The molecule has 0 atom stereocenters. The van der Waals surface area contributed by atoms with Gasteiger partial charge in [-0.3, -0.25) is 0 Å². The Morgan fingerprint density at radius 3 is 1.53 bits per heavy atom. The molecule has 0 amide bonds. The summed E-state index contributed by atoms with van der Waals surface area (Å²) in [5, 5.41) is 1.41. The number of fused-ring (bicyclic) bond motifs is 3. The van der Waals surface area contributed by atoms with Crippen LogP contribution in [-0.4, -0.2) is 3.26 Å². The summed E-state index contributed by atoms with van der Waals surface area (Å²) in [7, 11) is 0. The molecule has 5 aromatic rings. The summed E-state index contributed by atoms with van der Waals surface area (Å²) in [6.45, 7) is 13.9. The van der Waals surface area contributed by atoms with Gasteiger partial charge < -0.3 is 24.8 Å². The quantitative estimate of drug-likeness (QED) is 0.126. The SMILES string of the molecule is CC(C)(C)c1ccc2c(c1)[CH]([Hf+2]([C]1=C(c3ccc(Cl)c(Cl)c3Cl)C=CC1)=[C](c1ccccc1)c1ccccc1)c1cc(C(C)(C)C)ccc1-2.[Cl-].[Cl-]. The minimum atomic E-state index is -3.37. The van der Waals surface area contributed by atoms with Crippen molar-refractivity contribution in [3.05, 3.63) is 179 Å². The van der Waals surface area contributed by atoms with E-state index in [1.165, 1.54) is 53.3 Å². The molecule has 0 radical (unpaired) electrons. The predicted molar refractivity (Wildman–Crippen MR) is 209 cm³/mol. The molecule has 2 aliphatic rings. The van der Waals surface area contributed by atoms with Crippen molar-refractivity contribution in [2.75, 3.05) is 0 Å². The first-order valence-corrected chi connectivity index (χ1v) is 23.8. The van der Waals surface area contributed by atoms with E-state index < -0.39 is 21.0 Å². The van der Waals surface area contributed by atoms with Crippen LogP contribution in [0.25, 0.3) is 16.7 Å². The summed E-state index contributed by atoms with van der Waals surface area (Å²) in [4.78, 5) is 0. The minimum absolute atomic E-state index is 0. The Labute approximate surface area is 338 Å². The van der Waals surface area contributed by atoms with E-state index in [1.54, 1.807) is 3.33 Å². The molecule has 260 valence electrons. The molecule has 7 rings (SSSR count). The molecule has 51 heavy (non-hydrogen) atoms. The number of allylic oxidation sites excluding steroid dienone is 4. The predicted octanol–water partition coefficient (Wildman–Crippen LogP) is 7.58. The Bertz CT molecular complexity index is 2080. The van der Waals surface area contributed by atoms with Crippen LogP contribution in [0.15, 0.2) is 125 Å². The molecule has 0 unspecified atom stereocenters. The molecule has 0 aromatic heterocycles. The van der Waals surface area contributed by atoms with Crippen LogP contribution < -0.4 is 24.8 Å². The first-order chi connectivity index (χ1) is 23.3. The van der Waals surface area contributed by atoms with E-state index in [0.717, 1.165) is 12.0 Å². The van der Waals surface area contributed by atoms with Gasteiger partial charge in [-0.25, -0.2) is 0 Å². The summed E-state index contributed by atoms with van der Waals surface area (Å²) in [5.74, 6) is 0. The van der Waals surface area contributed by atoms with Crippen LogP contribution in [0.1, 0.15) is 90.6 Å². The van der Waals surface area contributed by atoms with Gasteiger partial charge in [0.15, 0.2) is 0 Å².